The molecule has 2 heterocycles. The van der Waals surface area contributed by atoms with Crippen LogP contribution in [0.2, 0.25) is 0 Å². The highest BCUT2D eigenvalue weighted by atomic mass is 16.3. The fourth-order valence-corrected chi connectivity index (χ4v) is 2.53. The third-order valence-corrected chi connectivity index (χ3v) is 3.84. The molecule has 1 aromatic heterocycles. The van der Waals surface area contributed by atoms with Crippen molar-refractivity contribution in [1.82, 2.24) is 4.98 Å². The third kappa shape index (κ3) is 2.83. The van der Waals surface area contributed by atoms with E-state index in [1.807, 2.05) is 13.1 Å². The molecular weight excluding hydrogens is 224 g/mol. The molecule has 0 aliphatic carbocycles. The molecule has 1 aliphatic rings. The molecule has 0 bridgehead atoms. The zero-order chi connectivity index (χ0) is 13.3. The van der Waals surface area contributed by atoms with Gasteiger partial charge in [-0.2, -0.15) is 0 Å². The minimum absolute atomic E-state index is 0.459. The normalized spacial score (nSPS) is 28.8. The van der Waals surface area contributed by atoms with Crippen LogP contribution in [-0.4, -0.2) is 28.3 Å². The van der Waals surface area contributed by atoms with Gasteiger partial charge >= 0.3 is 0 Å². The van der Waals surface area contributed by atoms with E-state index < -0.39 is 5.60 Å². The molecule has 0 unspecified atom stereocenters. The summed E-state index contributed by atoms with van der Waals surface area (Å²) in [5, 5.41) is 10.2. The van der Waals surface area contributed by atoms with Crippen molar-refractivity contribution in [1.29, 1.82) is 0 Å². The second-order valence-corrected chi connectivity index (χ2v) is 6.11. The molecule has 1 saturated heterocycles. The van der Waals surface area contributed by atoms with E-state index in [9.17, 15) is 5.11 Å². The van der Waals surface area contributed by atoms with Crippen molar-refractivity contribution in [2.24, 2.45) is 0 Å². The Morgan fingerprint density at radius 2 is 2.17 bits per heavy atom. The summed E-state index contributed by atoms with van der Waals surface area (Å²) in [6.45, 7) is 9.12. The van der Waals surface area contributed by atoms with Crippen LogP contribution in [0.3, 0.4) is 0 Å². The second-order valence-electron chi connectivity index (χ2n) is 6.11. The number of pyridine rings is 1. The van der Waals surface area contributed by atoms with Gasteiger partial charge in [0.25, 0.3) is 0 Å². The first kappa shape index (κ1) is 13.3. The van der Waals surface area contributed by atoms with E-state index in [4.69, 9.17) is 0 Å². The van der Waals surface area contributed by atoms with Crippen LogP contribution < -0.4 is 4.90 Å². The Kier molecular flexibility index (Phi) is 3.62. The summed E-state index contributed by atoms with van der Waals surface area (Å²) in [5.41, 5.74) is 1.66. The van der Waals surface area contributed by atoms with Crippen LogP contribution in [0.4, 0.5) is 5.69 Å². The lowest BCUT2D eigenvalue weighted by atomic mass is 9.90. The van der Waals surface area contributed by atoms with Crippen LogP contribution in [0.15, 0.2) is 18.3 Å². The monoisotopic (exact) mass is 248 g/mol. The van der Waals surface area contributed by atoms with Crippen LogP contribution in [0, 0.1) is 0 Å². The number of aromatic nitrogens is 1. The lowest BCUT2D eigenvalue weighted by molar-refractivity contribution is 0.0378. The summed E-state index contributed by atoms with van der Waals surface area (Å²) in [6.07, 6.45) is 3.84. The molecular formula is C15H24N2O. The van der Waals surface area contributed by atoms with Gasteiger partial charge in [-0.25, -0.2) is 0 Å². The summed E-state index contributed by atoms with van der Waals surface area (Å²) in [5.74, 6) is 0.459. The molecule has 1 aliphatic heterocycles. The summed E-state index contributed by atoms with van der Waals surface area (Å²) in [7, 11) is 0. The zero-order valence-electron chi connectivity index (χ0n) is 11.8. The zero-order valence-corrected chi connectivity index (χ0v) is 11.8. The molecule has 0 aromatic carbocycles. The molecule has 3 nitrogen and oxygen atoms in total. The maximum absolute atomic E-state index is 10.2. The Morgan fingerprint density at radius 3 is 2.72 bits per heavy atom. The molecule has 18 heavy (non-hydrogen) atoms. The van der Waals surface area contributed by atoms with Crippen LogP contribution in [0.1, 0.15) is 52.1 Å². The first-order chi connectivity index (χ1) is 8.39. The highest BCUT2D eigenvalue weighted by Crippen LogP contribution is 2.29. The third-order valence-electron chi connectivity index (χ3n) is 3.84. The molecule has 2 atom stereocenters. The number of hydrogen-bond donors (Lipinski definition) is 1. The molecule has 0 spiro atoms. The lowest BCUT2D eigenvalue weighted by Gasteiger charge is -2.42. The summed E-state index contributed by atoms with van der Waals surface area (Å²) in [6, 6.07) is 4.69. The van der Waals surface area contributed by atoms with Crippen molar-refractivity contribution in [3.05, 3.63) is 24.0 Å². The average molecular weight is 248 g/mol. The Morgan fingerprint density at radius 1 is 1.44 bits per heavy atom. The maximum Gasteiger partial charge on any atom is 0.0794 e. The molecule has 2 rings (SSSR count). The second kappa shape index (κ2) is 4.88. The van der Waals surface area contributed by atoms with Crippen LogP contribution in [0.5, 0.6) is 0 Å². The Labute approximate surface area is 110 Å². The molecule has 0 radical (unpaired) electrons. The van der Waals surface area contributed by atoms with Gasteiger partial charge in [0, 0.05) is 18.3 Å². The van der Waals surface area contributed by atoms with Gasteiger partial charge in [0.1, 0.15) is 0 Å². The highest BCUT2D eigenvalue weighted by molar-refractivity contribution is 5.47. The number of rotatable bonds is 2. The van der Waals surface area contributed by atoms with Crippen LogP contribution >= 0.6 is 0 Å². The first-order valence-corrected chi connectivity index (χ1v) is 6.84. The molecule has 0 amide bonds. The van der Waals surface area contributed by atoms with E-state index in [1.165, 1.54) is 0 Å². The number of piperidine rings is 1. The Hall–Kier alpha value is -1.09. The van der Waals surface area contributed by atoms with Gasteiger partial charge in [0.05, 0.1) is 17.5 Å². The molecule has 3 heteroatoms. The standard InChI is InChI=1S/C15H24N2O/c1-11(2)14-6-5-13(9-16-14)17-10-15(4,18)8-7-12(17)3/h5-6,9,11-12,18H,7-8,10H2,1-4H3/t12-,15+/m0/s1. The fraction of sp³-hybridized carbons (Fsp3) is 0.667. The van der Waals surface area contributed by atoms with Gasteiger partial charge in [-0.05, 0) is 44.7 Å². The summed E-state index contributed by atoms with van der Waals surface area (Å²) in [4.78, 5) is 6.78. The van der Waals surface area contributed by atoms with Crippen LogP contribution in [0.25, 0.3) is 0 Å². The topological polar surface area (TPSA) is 36.4 Å². The van der Waals surface area contributed by atoms with E-state index >= 15 is 0 Å². The van der Waals surface area contributed by atoms with E-state index in [-0.39, 0.29) is 0 Å². The summed E-state index contributed by atoms with van der Waals surface area (Å²) >= 11 is 0. The van der Waals surface area contributed by atoms with Crippen molar-refractivity contribution < 1.29 is 5.11 Å². The SMILES string of the molecule is CC(C)c1ccc(N2C[C@](C)(O)CC[C@@H]2C)cn1. The van der Waals surface area contributed by atoms with Crippen molar-refractivity contribution in [3.8, 4) is 0 Å². The van der Waals surface area contributed by atoms with E-state index in [2.05, 4.69) is 42.8 Å². The highest BCUT2D eigenvalue weighted by Gasteiger charge is 2.32. The van der Waals surface area contributed by atoms with E-state index in [0.29, 0.717) is 18.5 Å². The van der Waals surface area contributed by atoms with Gasteiger partial charge in [0.2, 0.25) is 0 Å². The molecule has 1 N–H and O–H groups in total. The van der Waals surface area contributed by atoms with Crippen molar-refractivity contribution in [2.45, 2.75) is 58.1 Å². The number of β-amino-alcohol motifs (C(OH)–C–C–N with tert-alkyl or cyclic N) is 1. The number of hydrogen-bond acceptors (Lipinski definition) is 3. The Bertz CT molecular complexity index is 397. The van der Waals surface area contributed by atoms with Gasteiger partial charge in [-0.3, -0.25) is 4.98 Å². The number of nitrogens with zero attached hydrogens (tertiary/aromatic N) is 2. The van der Waals surface area contributed by atoms with Gasteiger partial charge in [-0.1, -0.05) is 13.8 Å². The van der Waals surface area contributed by atoms with Crippen LogP contribution in [-0.2, 0) is 0 Å². The molecule has 1 fully saturated rings. The lowest BCUT2D eigenvalue weighted by Crippen LogP contribution is -2.50. The average Bonchev–Trinajstić information content (AvgIpc) is 2.32. The van der Waals surface area contributed by atoms with Gasteiger partial charge < -0.3 is 10.0 Å². The van der Waals surface area contributed by atoms with Crippen molar-refractivity contribution in [3.63, 3.8) is 0 Å². The predicted octanol–water partition coefficient (Wildman–Crippen LogP) is 2.94. The largest absolute Gasteiger partial charge is 0.388 e. The quantitative estimate of drug-likeness (QED) is 0.874. The number of anilines is 1. The van der Waals surface area contributed by atoms with Crippen molar-refractivity contribution in [2.75, 3.05) is 11.4 Å². The van der Waals surface area contributed by atoms with E-state index in [1.54, 1.807) is 0 Å². The first-order valence-electron chi connectivity index (χ1n) is 6.84. The van der Waals surface area contributed by atoms with E-state index in [0.717, 1.165) is 24.2 Å². The Balaban J connectivity index is 2.19. The van der Waals surface area contributed by atoms with Gasteiger partial charge in [-0.15, -0.1) is 0 Å². The smallest absolute Gasteiger partial charge is 0.0794 e. The predicted molar refractivity (Wildman–Crippen MR) is 75.0 cm³/mol. The van der Waals surface area contributed by atoms with Crippen molar-refractivity contribution >= 4 is 5.69 Å². The molecule has 1 aromatic rings. The minimum Gasteiger partial charge on any atom is -0.388 e. The summed E-state index contributed by atoms with van der Waals surface area (Å²) < 4.78 is 0. The minimum atomic E-state index is -0.580. The molecule has 100 valence electrons. The number of aliphatic hydroxyl groups is 1. The van der Waals surface area contributed by atoms with Gasteiger partial charge in [0.15, 0.2) is 0 Å². The molecule has 0 saturated carbocycles. The fourth-order valence-electron chi connectivity index (χ4n) is 2.53. The maximum atomic E-state index is 10.2.